The Morgan fingerprint density at radius 2 is 2.19 bits per heavy atom. The fourth-order valence-electron chi connectivity index (χ4n) is 2.73. The predicted octanol–water partition coefficient (Wildman–Crippen LogP) is 2.73. The number of Topliss-reactive ketones (excluding diaryl/α,β-unsaturated/α-hetero) is 1. The molecule has 0 bridgehead atoms. The van der Waals surface area contributed by atoms with Gasteiger partial charge in [-0.25, -0.2) is 0 Å². The molecule has 1 atom stereocenters. The zero-order chi connectivity index (χ0) is 15.0. The fourth-order valence-corrected chi connectivity index (χ4v) is 3.22. The minimum Gasteiger partial charge on any atom is -0.308 e. The molecule has 0 aliphatic heterocycles. The van der Waals surface area contributed by atoms with E-state index in [9.17, 15) is 4.79 Å². The third kappa shape index (κ3) is 2.68. The van der Waals surface area contributed by atoms with Crippen LogP contribution in [-0.4, -0.2) is 41.1 Å². The number of likely N-dealkylation sites (N-methyl/N-ethyl adjacent to an activating group) is 1. The van der Waals surface area contributed by atoms with Gasteiger partial charge in [-0.2, -0.15) is 5.10 Å². The number of halogens is 1. The first-order valence-corrected chi connectivity index (χ1v) is 7.85. The first-order chi connectivity index (χ1) is 10.1. The van der Waals surface area contributed by atoms with Crippen LogP contribution >= 0.6 is 15.9 Å². The molecule has 0 saturated carbocycles. The quantitative estimate of drug-likeness (QED) is 0.780. The molecule has 21 heavy (non-hydrogen) atoms. The van der Waals surface area contributed by atoms with Gasteiger partial charge in [0.25, 0.3) is 0 Å². The zero-order valence-corrected chi connectivity index (χ0v) is 13.8. The van der Waals surface area contributed by atoms with Crippen molar-refractivity contribution in [2.75, 3.05) is 20.6 Å². The van der Waals surface area contributed by atoms with Crippen molar-refractivity contribution in [3.63, 3.8) is 0 Å². The minimum atomic E-state index is -0.0210. The highest BCUT2D eigenvalue weighted by molar-refractivity contribution is 9.10. The van der Waals surface area contributed by atoms with Crippen molar-refractivity contribution in [1.29, 1.82) is 0 Å². The van der Waals surface area contributed by atoms with Crippen LogP contribution in [0.4, 0.5) is 0 Å². The van der Waals surface area contributed by atoms with Gasteiger partial charge in [-0.3, -0.25) is 9.48 Å². The Bertz CT molecular complexity index is 678. The number of ketones is 1. The van der Waals surface area contributed by atoms with Gasteiger partial charge in [0.1, 0.15) is 5.69 Å². The summed E-state index contributed by atoms with van der Waals surface area (Å²) in [6.07, 6.45) is 2.55. The Hall–Kier alpha value is -1.46. The number of nitrogens with zero attached hydrogens (tertiary/aromatic N) is 3. The smallest absolute Gasteiger partial charge is 0.189 e. The minimum absolute atomic E-state index is 0.0210. The molecule has 0 amide bonds. The van der Waals surface area contributed by atoms with Crippen LogP contribution in [0.2, 0.25) is 0 Å². The maximum absolute atomic E-state index is 12.8. The third-order valence-electron chi connectivity index (χ3n) is 3.96. The standard InChI is InChI=1S/C16H18BrN3O/c1-19(2)7-8-20-15(14(17)10-18-20)16(21)13-9-11-5-3-4-6-12(11)13/h3-6,10,13H,7-9H2,1-2H3. The summed E-state index contributed by atoms with van der Waals surface area (Å²) in [4.78, 5) is 14.9. The number of aromatic nitrogens is 2. The number of fused-ring (bicyclic) bond motifs is 1. The maximum atomic E-state index is 12.8. The lowest BCUT2D eigenvalue weighted by Gasteiger charge is -2.29. The Balaban J connectivity index is 1.84. The second-order valence-corrected chi connectivity index (χ2v) is 6.54. The van der Waals surface area contributed by atoms with Crippen LogP contribution < -0.4 is 0 Å². The van der Waals surface area contributed by atoms with Gasteiger partial charge >= 0.3 is 0 Å². The van der Waals surface area contributed by atoms with E-state index < -0.39 is 0 Å². The second-order valence-electron chi connectivity index (χ2n) is 5.69. The van der Waals surface area contributed by atoms with Crippen molar-refractivity contribution in [2.45, 2.75) is 18.9 Å². The Labute approximate surface area is 132 Å². The number of benzene rings is 1. The van der Waals surface area contributed by atoms with Crippen LogP contribution in [0, 0.1) is 0 Å². The van der Waals surface area contributed by atoms with E-state index in [1.54, 1.807) is 6.20 Å². The summed E-state index contributed by atoms with van der Waals surface area (Å²) in [5.74, 6) is 0.143. The van der Waals surface area contributed by atoms with Crippen molar-refractivity contribution < 1.29 is 4.79 Å². The summed E-state index contributed by atoms with van der Waals surface area (Å²) in [6.45, 7) is 1.57. The van der Waals surface area contributed by atoms with E-state index in [4.69, 9.17) is 0 Å². The Morgan fingerprint density at radius 3 is 2.90 bits per heavy atom. The maximum Gasteiger partial charge on any atom is 0.189 e. The van der Waals surface area contributed by atoms with E-state index in [0.29, 0.717) is 12.2 Å². The Morgan fingerprint density at radius 1 is 1.43 bits per heavy atom. The predicted molar refractivity (Wildman–Crippen MR) is 85.7 cm³/mol. The molecule has 5 heteroatoms. The molecule has 2 aromatic rings. The van der Waals surface area contributed by atoms with Crippen molar-refractivity contribution in [3.8, 4) is 0 Å². The fraction of sp³-hybridized carbons (Fsp3) is 0.375. The molecule has 1 aromatic heterocycles. The molecule has 1 aromatic carbocycles. The molecule has 1 aliphatic carbocycles. The zero-order valence-electron chi connectivity index (χ0n) is 12.2. The van der Waals surface area contributed by atoms with Gasteiger partial charge in [0.15, 0.2) is 5.78 Å². The van der Waals surface area contributed by atoms with Gasteiger partial charge in [-0.15, -0.1) is 0 Å². The first kappa shape index (κ1) is 14.5. The average Bonchev–Trinajstić information content (AvgIpc) is 2.79. The SMILES string of the molecule is CN(C)CCn1ncc(Br)c1C(=O)C1Cc2ccccc21. The number of hydrogen-bond donors (Lipinski definition) is 0. The lowest BCUT2D eigenvalue weighted by molar-refractivity contribution is 0.0936. The molecular weight excluding hydrogens is 330 g/mol. The van der Waals surface area contributed by atoms with Gasteiger partial charge < -0.3 is 4.90 Å². The first-order valence-electron chi connectivity index (χ1n) is 7.06. The lowest BCUT2D eigenvalue weighted by Crippen LogP contribution is -2.28. The van der Waals surface area contributed by atoms with Gasteiger partial charge in [-0.05, 0) is 47.6 Å². The molecule has 3 rings (SSSR count). The van der Waals surface area contributed by atoms with Crippen LogP contribution in [0.5, 0.6) is 0 Å². The van der Waals surface area contributed by atoms with Crippen LogP contribution in [0.3, 0.4) is 0 Å². The molecule has 110 valence electrons. The lowest BCUT2D eigenvalue weighted by atomic mass is 9.74. The topological polar surface area (TPSA) is 38.1 Å². The molecule has 4 nitrogen and oxygen atoms in total. The van der Waals surface area contributed by atoms with Crippen molar-refractivity contribution in [1.82, 2.24) is 14.7 Å². The molecule has 0 N–H and O–H groups in total. The highest BCUT2D eigenvalue weighted by Crippen LogP contribution is 2.38. The number of carbonyl (C=O) groups is 1. The summed E-state index contributed by atoms with van der Waals surface area (Å²) in [7, 11) is 4.03. The van der Waals surface area contributed by atoms with Crippen molar-refractivity contribution in [3.05, 3.63) is 51.8 Å². The molecule has 0 saturated heterocycles. The van der Waals surface area contributed by atoms with Crippen LogP contribution in [0.25, 0.3) is 0 Å². The number of carbonyl (C=O) groups excluding carboxylic acids is 1. The van der Waals surface area contributed by atoms with E-state index in [-0.39, 0.29) is 11.7 Å². The van der Waals surface area contributed by atoms with Gasteiger partial charge in [0.05, 0.1) is 23.1 Å². The monoisotopic (exact) mass is 347 g/mol. The van der Waals surface area contributed by atoms with Crippen LogP contribution in [-0.2, 0) is 13.0 Å². The van der Waals surface area contributed by atoms with E-state index in [2.05, 4.69) is 38.1 Å². The average molecular weight is 348 g/mol. The summed E-state index contributed by atoms with van der Waals surface area (Å²) >= 11 is 3.47. The van der Waals surface area contributed by atoms with Crippen molar-refractivity contribution >= 4 is 21.7 Å². The highest BCUT2D eigenvalue weighted by Gasteiger charge is 2.34. The molecule has 0 fully saturated rings. The number of hydrogen-bond acceptors (Lipinski definition) is 3. The second kappa shape index (κ2) is 5.73. The summed E-state index contributed by atoms with van der Waals surface area (Å²) < 4.78 is 2.60. The summed E-state index contributed by atoms with van der Waals surface area (Å²) in [5, 5.41) is 4.33. The molecular formula is C16H18BrN3O. The molecule has 0 spiro atoms. The van der Waals surface area contributed by atoms with E-state index in [0.717, 1.165) is 23.0 Å². The number of rotatable bonds is 5. The van der Waals surface area contributed by atoms with Crippen LogP contribution in [0.1, 0.15) is 27.5 Å². The molecule has 0 radical (unpaired) electrons. The van der Waals surface area contributed by atoms with E-state index in [1.807, 2.05) is 30.9 Å². The van der Waals surface area contributed by atoms with Gasteiger partial charge in [-0.1, -0.05) is 24.3 Å². The summed E-state index contributed by atoms with van der Waals surface area (Å²) in [5.41, 5.74) is 3.14. The van der Waals surface area contributed by atoms with Gasteiger partial charge in [0.2, 0.25) is 0 Å². The van der Waals surface area contributed by atoms with Crippen LogP contribution in [0.15, 0.2) is 34.9 Å². The molecule has 1 aliphatic rings. The normalized spacial score (nSPS) is 16.7. The summed E-state index contributed by atoms with van der Waals surface area (Å²) in [6, 6.07) is 8.17. The van der Waals surface area contributed by atoms with Crippen molar-refractivity contribution in [2.24, 2.45) is 0 Å². The third-order valence-corrected chi connectivity index (χ3v) is 4.54. The molecule has 1 heterocycles. The van der Waals surface area contributed by atoms with Gasteiger partial charge in [0, 0.05) is 6.54 Å². The van der Waals surface area contributed by atoms with E-state index in [1.165, 1.54) is 5.56 Å². The van der Waals surface area contributed by atoms with E-state index >= 15 is 0 Å². The Kier molecular flexibility index (Phi) is 3.95. The highest BCUT2D eigenvalue weighted by atomic mass is 79.9. The molecule has 1 unspecified atom stereocenters. The largest absolute Gasteiger partial charge is 0.308 e.